The molecule has 0 aliphatic carbocycles. The van der Waals surface area contributed by atoms with E-state index in [2.05, 4.69) is 26.9 Å². The highest BCUT2D eigenvalue weighted by atomic mass is 19.1. The fourth-order valence-electron chi connectivity index (χ4n) is 4.08. The van der Waals surface area contributed by atoms with Gasteiger partial charge in [-0.25, -0.2) is 4.39 Å². The average Bonchev–Trinajstić information content (AvgIpc) is 3.27. The Balaban J connectivity index is 1.58. The first-order chi connectivity index (χ1) is 15.0. The largest absolute Gasteiger partial charge is 0.369 e. The van der Waals surface area contributed by atoms with Crippen molar-refractivity contribution in [1.82, 2.24) is 19.7 Å². The van der Waals surface area contributed by atoms with Crippen LogP contribution in [0.15, 0.2) is 52.2 Å². The maximum atomic E-state index is 15.0. The summed E-state index contributed by atoms with van der Waals surface area (Å²) in [5.41, 5.74) is 1.78. The van der Waals surface area contributed by atoms with Crippen LogP contribution in [0.2, 0.25) is 0 Å². The number of aromatic nitrogens is 4. The van der Waals surface area contributed by atoms with Crippen molar-refractivity contribution in [2.24, 2.45) is 13.0 Å². The predicted molar refractivity (Wildman–Crippen MR) is 116 cm³/mol. The Morgan fingerprint density at radius 3 is 2.77 bits per heavy atom. The molecule has 3 aromatic heterocycles. The lowest BCUT2D eigenvalue weighted by molar-refractivity contribution is 0.431. The quantitative estimate of drug-likeness (QED) is 0.499. The second kappa shape index (κ2) is 7.61. The fraction of sp³-hybridized carbons (Fsp3) is 0.304. The zero-order chi connectivity index (χ0) is 21.5. The molecule has 1 aliphatic heterocycles. The number of aryl methyl sites for hydroxylation is 1. The van der Waals surface area contributed by atoms with Crippen molar-refractivity contribution in [2.45, 2.75) is 19.8 Å². The van der Waals surface area contributed by atoms with E-state index in [0.29, 0.717) is 28.5 Å². The smallest absolute Gasteiger partial charge is 0.263 e. The molecule has 0 saturated carbocycles. The van der Waals surface area contributed by atoms with E-state index in [-0.39, 0.29) is 22.3 Å². The number of nitrogens with zero attached hydrogens (tertiary/aromatic N) is 5. The summed E-state index contributed by atoms with van der Waals surface area (Å²) in [6.45, 7) is 3.85. The van der Waals surface area contributed by atoms with Gasteiger partial charge in [-0.15, -0.1) is 0 Å². The van der Waals surface area contributed by atoms with Crippen LogP contribution >= 0.6 is 0 Å². The van der Waals surface area contributed by atoms with Crippen LogP contribution in [-0.2, 0) is 7.05 Å². The lowest BCUT2D eigenvalue weighted by Crippen LogP contribution is -2.33. The van der Waals surface area contributed by atoms with Gasteiger partial charge in [0.1, 0.15) is 11.4 Å². The maximum absolute atomic E-state index is 15.0. The minimum Gasteiger partial charge on any atom is -0.369 e. The third kappa shape index (κ3) is 3.48. The molecule has 0 amide bonds. The summed E-state index contributed by atoms with van der Waals surface area (Å²) in [6.07, 6.45) is 6.99. The topological polar surface area (TPSA) is 77.1 Å². The molecular formula is C23H22FN5O2. The average molecular weight is 419 g/mol. The molecule has 0 unspecified atom stereocenters. The normalized spacial score (nSPS) is 15.0. The summed E-state index contributed by atoms with van der Waals surface area (Å²) in [4.78, 5) is 23.6. The van der Waals surface area contributed by atoms with E-state index in [1.54, 1.807) is 41.4 Å². The third-order valence-corrected chi connectivity index (χ3v) is 5.96. The molecule has 0 bridgehead atoms. The van der Waals surface area contributed by atoms with Gasteiger partial charge in [-0.1, -0.05) is 12.1 Å². The Labute approximate surface area is 178 Å². The van der Waals surface area contributed by atoms with Crippen LogP contribution in [0, 0.1) is 11.7 Å². The molecule has 1 aromatic carbocycles. The number of halogens is 1. The van der Waals surface area contributed by atoms with Crippen molar-refractivity contribution in [1.29, 1.82) is 0 Å². The molecule has 4 aromatic rings. The first-order valence-corrected chi connectivity index (χ1v) is 10.3. The number of hydrogen-bond donors (Lipinski definition) is 0. The molecule has 1 fully saturated rings. The maximum Gasteiger partial charge on any atom is 0.263 e. The number of hydrogen-bond acceptors (Lipinski definition) is 6. The SMILES string of the molecule is CC1CCN(c2cc3c(cc2F)c(=O)c(-c2nc(-c4cccnc4)no2)cn3C)CC1. The molecule has 1 saturated heterocycles. The molecule has 1 aliphatic rings. The van der Waals surface area contributed by atoms with E-state index >= 15 is 4.39 Å². The molecule has 0 spiro atoms. The number of fused-ring (bicyclic) bond motifs is 1. The Kier molecular flexibility index (Phi) is 4.77. The lowest BCUT2D eigenvalue weighted by Gasteiger charge is -2.32. The van der Waals surface area contributed by atoms with Crippen LogP contribution in [0.25, 0.3) is 33.7 Å². The highest BCUT2D eigenvalue weighted by molar-refractivity contribution is 5.86. The van der Waals surface area contributed by atoms with Gasteiger partial charge in [-0.3, -0.25) is 9.78 Å². The van der Waals surface area contributed by atoms with Crippen LogP contribution in [0.3, 0.4) is 0 Å². The van der Waals surface area contributed by atoms with Crippen LogP contribution in [0.1, 0.15) is 19.8 Å². The highest BCUT2D eigenvalue weighted by Crippen LogP contribution is 2.29. The summed E-state index contributed by atoms with van der Waals surface area (Å²) in [6, 6.07) is 6.66. The van der Waals surface area contributed by atoms with E-state index < -0.39 is 5.82 Å². The van der Waals surface area contributed by atoms with E-state index in [9.17, 15) is 4.79 Å². The Bertz CT molecular complexity index is 1310. The van der Waals surface area contributed by atoms with E-state index in [1.165, 1.54) is 6.07 Å². The molecule has 4 heterocycles. The predicted octanol–water partition coefficient (Wildman–Crippen LogP) is 4.03. The summed E-state index contributed by atoms with van der Waals surface area (Å²) < 4.78 is 22.2. The van der Waals surface area contributed by atoms with E-state index in [4.69, 9.17) is 4.52 Å². The minimum atomic E-state index is -0.391. The molecular weight excluding hydrogens is 397 g/mol. The summed E-state index contributed by atoms with van der Waals surface area (Å²) in [7, 11) is 1.82. The molecule has 31 heavy (non-hydrogen) atoms. The number of rotatable bonds is 3. The van der Waals surface area contributed by atoms with Gasteiger partial charge in [0.2, 0.25) is 11.3 Å². The molecule has 158 valence electrons. The van der Waals surface area contributed by atoms with Gasteiger partial charge >= 0.3 is 0 Å². The summed E-state index contributed by atoms with van der Waals surface area (Å²) in [5.74, 6) is 0.692. The zero-order valence-corrected chi connectivity index (χ0v) is 17.4. The molecule has 0 N–H and O–H groups in total. The number of benzene rings is 1. The van der Waals surface area contributed by atoms with Gasteiger partial charge in [-0.2, -0.15) is 4.98 Å². The first-order valence-electron chi connectivity index (χ1n) is 10.3. The summed E-state index contributed by atoms with van der Waals surface area (Å²) in [5, 5.41) is 4.24. The lowest BCUT2D eigenvalue weighted by atomic mass is 9.98. The van der Waals surface area contributed by atoms with E-state index in [0.717, 1.165) is 25.9 Å². The van der Waals surface area contributed by atoms with Crippen molar-refractivity contribution < 1.29 is 8.91 Å². The van der Waals surface area contributed by atoms with E-state index in [1.807, 2.05) is 7.05 Å². The van der Waals surface area contributed by atoms with Crippen molar-refractivity contribution >= 4 is 16.6 Å². The number of piperidine rings is 1. The van der Waals surface area contributed by atoms with Gasteiger partial charge in [0, 0.05) is 49.7 Å². The molecule has 7 nitrogen and oxygen atoms in total. The first kappa shape index (κ1) is 19.4. The van der Waals surface area contributed by atoms with Crippen LogP contribution in [0.4, 0.5) is 10.1 Å². The van der Waals surface area contributed by atoms with Crippen molar-refractivity contribution in [3.05, 3.63) is 58.9 Å². The number of pyridine rings is 2. The Morgan fingerprint density at radius 1 is 1.23 bits per heavy atom. The number of anilines is 1. The second-order valence-electron chi connectivity index (χ2n) is 8.14. The van der Waals surface area contributed by atoms with Gasteiger partial charge < -0.3 is 14.0 Å². The Hall–Kier alpha value is -3.55. The molecule has 0 radical (unpaired) electrons. The third-order valence-electron chi connectivity index (χ3n) is 5.96. The Morgan fingerprint density at radius 2 is 2.03 bits per heavy atom. The molecule has 0 atom stereocenters. The molecule has 5 rings (SSSR count). The van der Waals surface area contributed by atoms with Gasteiger partial charge in [0.05, 0.1) is 11.2 Å². The van der Waals surface area contributed by atoms with Crippen LogP contribution < -0.4 is 10.3 Å². The van der Waals surface area contributed by atoms with Gasteiger partial charge in [-0.05, 0) is 43.0 Å². The molecule has 8 heteroatoms. The standard InChI is InChI=1S/C23H22FN5O2/c1-14-5-8-29(9-6-14)20-11-19-16(10-18(20)24)21(30)17(13-28(19)2)23-26-22(27-31-23)15-4-3-7-25-12-15/h3-4,7,10-14H,5-6,8-9H2,1-2H3. The second-order valence-corrected chi connectivity index (χ2v) is 8.14. The van der Waals surface area contributed by atoms with Gasteiger partial charge in [0.15, 0.2) is 0 Å². The summed E-state index contributed by atoms with van der Waals surface area (Å²) >= 11 is 0. The minimum absolute atomic E-state index is 0.0934. The zero-order valence-electron chi connectivity index (χ0n) is 17.4. The van der Waals surface area contributed by atoms with Crippen LogP contribution in [-0.4, -0.2) is 32.8 Å². The fourth-order valence-corrected chi connectivity index (χ4v) is 4.08. The highest BCUT2D eigenvalue weighted by Gasteiger charge is 2.22. The van der Waals surface area contributed by atoms with Crippen molar-refractivity contribution in [3.63, 3.8) is 0 Å². The monoisotopic (exact) mass is 419 g/mol. The van der Waals surface area contributed by atoms with Crippen molar-refractivity contribution in [3.8, 4) is 22.8 Å². The van der Waals surface area contributed by atoms with Crippen LogP contribution in [0.5, 0.6) is 0 Å². The van der Waals surface area contributed by atoms with Gasteiger partial charge in [0.25, 0.3) is 5.89 Å². The van der Waals surface area contributed by atoms with Crippen molar-refractivity contribution in [2.75, 3.05) is 18.0 Å².